The van der Waals surface area contributed by atoms with Crippen molar-refractivity contribution in [3.05, 3.63) is 51.7 Å². The maximum atomic E-state index is 12.2. The number of nitrogens with one attached hydrogen (secondary N) is 2. The average molecular weight is 459 g/mol. The number of nitrogens with two attached hydrogens (primary N) is 1. The van der Waals surface area contributed by atoms with E-state index in [0.717, 1.165) is 16.0 Å². The smallest absolute Gasteiger partial charge is 0.317 e. The second kappa shape index (κ2) is 12.2. The van der Waals surface area contributed by atoms with Crippen LogP contribution < -0.4 is 16.4 Å². The Labute approximate surface area is 191 Å². The maximum absolute atomic E-state index is 12.2. The topological polar surface area (TPSA) is 126 Å². The van der Waals surface area contributed by atoms with E-state index in [1.54, 1.807) is 6.07 Å². The Morgan fingerprint density at radius 3 is 2.75 bits per heavy atom. The molecule has 1 saturated carbocycles. The molecule has 0 saturated heterocycles. The number of nitrogens with zero attached hydrogens (tertiary/aromatic N) is 1. The zero-order valence-electron chi connectivity index (χ0n) is 18.0. The lowest BCUT2D eigenvalue weighted by Gasteiger charge is -2.21. The van der Waals surface area contributed by atoms with Gasteiger partial charge in [-0.05, 0) is 47.9 Å². The number of rotatable bonds is 11. The number of benzene rings is 1. The summed E-state index contributed by atoms with van der Waals surface area (Å²) in [6, 6.07) is 9.29. The van der Waals surface area contributed by atoms with Crippen molar-refractivity contribution < 1.29 is 19.5 Å². The number of carboxylic acids is 1. The van der Waals surface area contributed by atoms with Crippen LogP contribution in [-0.4, -0.2) is 42.4 Å². The lowest BCUT2D eigenvalue weighted by molar-refractivity contribution is -0.136. The summed E-state index contributed by atoms with van der Waals surface area (Å²) in [6.45, 7) is 0.695. The van der Waals surface area contributed by atoms with Crippen LogP contribution in [0.5, 0.6) is 0 Å². The molecule has 0 atom stereocenters. The van der Waals surface area contributed by atoms with Crippen molar-refractivity contribution in [2.45, 2.75) is 38.6 Å². The molecule has 5 N–H and O–H groups in total. The molecule has 3 rings (SSSR count). The first-order chi connectivity index (χ1) is 15.5. The Morgan fingerprint density at radius 1 is 1.22 bits per heavy atom. The highest BCUT2D eigenvalue weighted by Gasteiger charge is 2.15. The van der Waals surface area contributed by atoms with Crippen LogP contribution in [0.2, 0.25) is 0 Å². The van der Waals surface area contributed by atoms with Gasteiger partial charge in [-0.1, -0.05) is 36.6 Å². The van der Waals surface area contributed by atoms with Crippen molar-refractivity contribution in [1.82, 2.24) is 10.6 Å². The fourth-order valence-electron chi connectivity index (χ4n) is 3.72. The van der Waals surface area contributed by atoms with Gasteiger partial charge in [0.05, 0.1) is 11.4 Å². The third-order valence-electron chi connectivity index (χ3n) is 5.43. The molecular formula is C23H30N4O4S. The molecule has 8 nitrogen and oxygen atoms in total. The molecular weight excluding hydrogens is 428 g/mol. The average Bonchev–Trinajstić information content (AvgIpc) is 3.32. The highest BCUT2D eigenvalue weighted by atomic mass is 32.1. The zero-order chi connectivity index (χ0) is 22.8. The van der Waals surface area contributed by atoms with Crippen molar-refractivity contribution in [2.75, 3.05) is 25.4 Å². The summed E-state index contributed by atoms with van der Waals surface area (Å²) in [5, 5.41) is 20.8. The fraction of sp³-hybridized carbons (Fsp3) is 0.435. The first-order valence-corrected chi connectivity index (χ1v) is 11.7. The molecule has 0 spiro atoms. The molecule has 1 aromatic carbocycles. The van der Waals surface area contributed by atoms with E-state index in [4.69, 9.17) is 15.7 Å². The number of carbonyl (C=O) groups is 2. The van der Waals surface area contributed by atoms with Crippen LogP contribution in [0, 0.1) is 5.92 Å². The van der Waals surface area contributed by atoms with E-state index >= 15 is 0 Å². The molecule has 1 aliphatic carbocycles. The number of aliphatic carboxylic acids is 1. The molecule has 0 bridgehead atoms. The van der Waals surface area contributed by atoms with Gasteiger partial charge in [0, 0.05) is 24.3 Å². The molecule has 2 aromatic rings. The van der Waals surface area contributed by atoms with Crippen molar-refractivity contribution >= 4 is 34.6 Å². The zero-order valence-corrected chi connectivity index (χ0v) is 18.8. The van der Waals surface area contributed by atoms with Gasteiger partial charge in [0.15, 0.2) is 6.61 Å². The molecule has 9 heteroatoms. The van der Waals surface area contributed by atoms with Gasteiger partial charge in [-0.3, -0.25) is 9.59 Å². The molecule has 0 aliphatic heterocycles. The van der Waals surface area contributed by atoms with E-state index in [1.807, 2.05) is 29.6 Å². The SMILES string of the molecule is Nc1ccc(C(=NOCC(=O)NCC2CCCCC2)c2cccs2)cc1CNCC(=O)O. The number of carboxylic acid groups (broad SMARTS) is 1. The van der Waals surface area contributed by atoms with Crippen LogP contribution in [0.15, 0.2) is 40.9 Å². The normalized spacial score (nSPS) is 14.8. The van der Waals surface area contributed by atoms with E-state index in [0.29, 0.717) is 30.4 Å². The fourth-order valence-corrected chi connectivity index (χ4v) is 4.45. The minimum Gasteiger partial charge on any atom is -0.480 e. The van der Waals surface area contributed by atoms with Gasteiger partial charge in [-0.25, -0.2) is 0 Å². The second-order valence-corrected chi connectivity index (χ2v) is 8.86. The summed E-state index contributed by atoms with van der Waals surface area (Å²) in [4.78, 5) is 29.2. The van der Waals surface area contributed by atoms with Crippen molar-refractivity contribution in [3.8, 4) is 0 Å². The number of oxime groups is 1. The number of amides is 1. The second-order valence-electron chi connectivity index (χ2n) is 7.91. The molecule has 172 valence electrons. The molecule has 1 heterocycles. The van der Waals surface area contributed by atoms with Gasteiger partial charge in [0.1, 0.15) is 5.71 Å². The van der Waals surface area contributed by atoms with Gasteiger partial charge in [0.2, 0.25) is 0 Å². The van der Waals surface area contributed by atoms with Crippen molar-refractivity contribution in [3.63, 3.8) is 0 Å². The molecule has 0 unspecified atom stereocenters. The summed E-state index contributed by atoms with van der Waals surface area (Å²) in [7, 11) is 0. The minimum atomic E-state index is -0.935. The Hall–Kier alpha value is -2.91. The predicted molar refractivity (Wildman–Crippen MR) is 126 cm³/mol. The van der Waals surface area contributed by atoms with E-state index in [9.17, 15) is 9.59 Å². The largest absolute Gasteiger partial charge is 0.480 e. The number of anilines is 1. The standard InChI is InChI=1S/C23H30N4O4S/c24-19-9-8-17(11-18(19)13-25-14-22(29)30)23(20-7-4-10-32-20)27-31-15-21(28)26-12-16-5-2-1-3-6-16/h4,7-11,16,25H,1-3,5-6,12-15,24H2,(H,26,28)(H,29,30). The van der Waals surface area contributed by atoms with Crippen LogP contribution in [0.1, 0.15) is 48.1 Å². The lowest BCUT2D eigenvalue weighted by Crippen LogP contribution is -2.32. The predicted octanol–water partition coefficient (Wildman–Crippen LogP) is 2.97. The van der Waals surface area contributed by atoms with Crippen molar-refractivity contribution in [2.24, 2.45) is 11.1 Å². The first kappa shape index (κ1) is 23.7. The summed E-state index contributed by atoms with van der Waals surface area (Å²) in [6.07, 6.45) is 6.10. The molecule has 1 aromatic heterocycles. The Kier molecular flexibility index (Phi) is 9.06. The minimum absolute atomic E-state index is 0.149. The van der Waals surface area contributed by atoms with Crippen LogP contribution in [-0.2, 0) is 21.0 Å². The third-order valence-corrected chi connectivity index (χ3v) is 6.30. The number of nitrogen functional groups attached to an aromatic ring is 1. The Bertz CT molecular complexity index is 924. The van der Waals surface area contributed by atoms with Crippen LogP contribution in [0.4, 0.5) is 5.69 Å². The molecule has 1 aliphatic rings. The molecule has 0 radical (unpaired) electrons. The van der Waals surface area contributed by atoms with E-state index < -0.39 is 5.97 Å². The lowest BCUT2D eigenvalue weighted by atomic mass is 9.89. The first-order valence-electron chi connectivity index (χ1n) is 10.8. The van der Waals surface area contributed by atoms with Gasteiger partial charge < -0.3 is 26.3 Å². The van der Waals surface area contributed by atoms with Gasteiger partial charge in [-0.15, -0.1) is 11.3 Å². The third kappa shape index (κ3) is 7.35. The van der Waals surface area contributed by atoms with Gasteiger partial charge in [0.25, 0.3) is 5.91 Å². The summed E-state index contributed by atoms with van der Waals surface area (Å²) >= 11 is 1.51. The quantitative estimate of drug-likeness (QED) is 0.233. The van der Waals surface area contributed by atoms with Crippen LogP contribution in [0.25, 0.3) is 0 Å². The monoisotopic (exact) mass is 458 g/mol. The highest BCUT2D eigenvalue weighted by molar-refractivity contribution is 7.12. The summed E-state index contributed by atoms with van der Waals surface area (Å²) in [5.74, 6) is -0.558. The Balaban J connectivity index is 1.64. The Morgan fingerprint density at radius 2 is 2.03 bits per heavy atom. The molecule has 1 fully saturated rings. The number of carbonyl (C=O) groups excluding carboxylic acids is 1. The van der Waals surface area contributed by atoms with E-state index in [2.05, 4.69) is 15.8 Å². The van der Waals surface area contributed by atoms with E-state index in [-0.39, 0.29) is 19.1 Å². The molecule has 1 amide bonds. The maximum Gasteiger partial charge on any atom is 0.317 e. The van der Waals surface area contributed by atoms with Crippen LogP contribution in [0.3, 0.4) is 0 Å². The van der Waals surface area contributed by atoms with Crippen LogP contribution >= 0.6 is 11.3 Å². The van der Waals surface area contributed by atoms with Crippen molar-refractivity contribution in [1.29, 1.82) is 0 Å². The highest BCUT2D eigenvalue weighted by Crippen LogP contribution is 2.23. The number of hydrogen-bond acceptors (Lipinski definition) is 7. The number of thiophene rings is 1. The van der Waals surface area contributed by atoms with Gasteiger partial charge >= 0.3 is 5.97 Å². The summed E-state index contributed by atoms with van der Waals surface area (Å²) in [5.41, 5.74) is 8.74. The van der Waals surface area contributed by atoms with Gasteiger partial charge in [-0.2, -0.15) is 0 Å². The summed E-state index contributed by atoms with van der Waals surface area (Å²) < 4.78 is 0. The number of hydrogen-bond donors (Lipinski definition) is 4. The van der Waals surface area contributed by atoms with E-state index in [1.165, 1.54) is 43.4 Å². The molecule has 32 heavy (non-hydrogen) atoms.